The smallest absolute Gasteiger partial charge is 0.186 e. The van der Waals surface area contributed by atoms with Crippen molar-refractivity contribution in [3.63, 3.8) is 0 Å². The number of aliphatic hydroxyl groups is 3. The third-order valence-corrected chi connectivity index (χ3v) is 6.48. The lowest BCUT2D eigenvalue weighted by Gasteiger charge is -2.42. The maximum atomic E-state index is 14.5. The number of nitrogens with one attached hydrogen (secondary N) is 1. The molecule has 3 aromatic rings. The molecular formula is C20H23ClFN5O3S. The SMILES string of the molecule is C[C@H]1CN(c2ncc([C@H](O)CO)cc2F)CCN1C(O)Nc1nc2ccc(Cl)cc2s1. The second-order valence-electron chi connectivity index (χ2n) is 7.45. The minimum atomic E-state index is -1.16. The molecule has 3 atom stereocenters. The minimum absolute atomic E-state index is 0.0935. The Hall–Kier alpha value is -2.08. The first kappa shape index (κ1) is 22.1. The van der Waals surface area contributed by atoms with E-state index in [-0.39, 0.29) is 17.4 Å². The van der Waals surface area contributed by atoms with Crippen molar-refractivity contribution in [1.29, 1.82) is 0 Å². The van der Waals surface area contributed by atoms with E-state index >= 15 is 0 Å². The molecule has 31 heavy (non-hydrogen) atoms. The highest BCUT2D eigenvalue weighted by Gasteiger charge is 2.30. The van der Waals surface area contributed by atoms with Crippen LogP contribution in [0.5, 0.6) is 0 Å². The van der Waals surface area contributed by atoms with Crippen molar-refractivity contribution in [2.75, 3.05) is 36.5 Å². The molecule has 0 bridgehead atoms. The van der Waals surface area contributed by atoms with Gasteiger partial charge in [-0.15, -0.1) is 0 Å². The van der Waals surface area contributed by atoms with Gasteiger partial charge in [-0.1, -0.05) is 22.9 Å². The number of anilines is 2. The Morgan fingerprint density at radius 2 is 2.13 bits per heavy atom. The van der Waals surface area contributed by atoms with E-state index in [1.807, 2.05) is 24.0 Å². The summed E-state index contributed by atoms with van der Waals surface area (Å²) in [6, 6.07) is 6.54. The summed E-state index contributed by atoms with van der Waals surface area (Å²) in [5.41, 5.74) is 1.03. The highest BCUT2D eigenvalue weighted by atomic mass is 35.5. The third-order valence-electron chi connectivity index (χ3n) is 5.30. The second-order valence-corrected chi connectivity index (χ2v) is 8.92. The maximum absolute atomic E-state index is 14.5. The predicted molar refractivity (Wildman–Crippen MR) is 119 cm³/mol. The van der Waals surface area contributed by atoms with Gasteiger partial charge in [0, 0.05) is 42.5 Å². The molecule has 8 nitrogen and oxygen atoms in total. The summed E-state index contributed by atoms with van der Waals surface area (Å²) < 4.78 is 15.5. The molecule has 0 radical (unpaired) electrons. The Labute approximate surface area is 187 Å². The molecule has 0 amide bonds. The van der Waals surface area contributed by atoms with Crippen LogP contribution in [0.25, 0.3) is 10.2 Å². The summed E-state index contributed by atoms with van der Waals surface area (Å²) >= 11 is 7.43. The van der Waals surface area contributed by atoms with E-state index in [1.54, 1.807) is 11.0 Å². The molecule has 1 fully saturated rings. The Kier molecular flexibility index (Phi) is 6.56. The molecule has 3 heterocycles. The molecule has 4 N–H and O–H groups in total. The number of hydrogen-bond donors (Lipinski definition) is 4. The lowest BCUT2D eigenvalue weighted by atomic mass is 10.1. The molecule has 1 aliphatic heterocycles. The van der Waals surface area contributed by atoms with Crippen LogP contribution in [-0.4, -0.2) is 68.8 Å². The summed E-state index contributed by atoms with van der Waals surface area (Å²) in [5, 5.41) is 33.6. The summed E-state index contributed by atoms with van der Waals surface area (Å²) in [6.45, 7) is 2.85. The van der Waals surface area contributed by atoms with Crippen molar-refractivity contribution in [2.45, 2.75) is 25.4 Å². The van der Waals surface area contributed by atoms with Crippen molar-refractivity contribution in [1.82, 2.24) is 14.9 Å². The van der Waals surface area contributed by atoms with Gasteiger partial charge in [-0.2, -0.15) is 0 Å². The Morgan fingerprint density at radius 3 is 2.84 bits per heavy atom. The van der Waals surface area contributed by atoms with Crippen molar-refractivity contribution >= 4 is 44.1 Å². The van der Waals surface area contributed by atoms with E-state index < -0.39 is 24.9 Å². The molecule has 11 heteroatoms. The first-order chi connectivity index (χ1) is 14.9. The number of thiazole rings is 1. The molecule has 0 saturated carbocycles. The molecule has 166 valence electrons. The zero-order chi connectivity index (χ0) is 22.1. The number of aliphatic hydroxyl groups excluding tert-OH is 3. The molecule has 4 rings (SSSR count). The van der Waals surface area contributed by atoms with Gasteiger partial charge >= 0.3 is 0 Å². The zero-order valence-electron chi connectivity index (χ0n) is 16.7. The monoisotopic (exact) mass is 467 g/mol. The van der Waals surface area contributed by atoms with Gasteiger partial charge in [0.05, 0.1) is 16.8 Å². The molecular weight excluding hydrogens is 445 g/mol. The van der Waals surface area contributed by atoms with Crippen molar-refractivity contribution in [2.24, 2.45) is 0 Å². The fraction of sp³-hybridized carbons (Fsp3) is 0.400. The predicted octanol–water partition coefficient (Wildman–Crippen LogP) is 2.41. The first-order valence-electron chi connectivity index (χ1n) is 9.81. The van der Waals surface area contributed by atoms with Crippen molar-refractivity contribution < 1.29 is 19.7 Å². The van der Waals surface area contributed by atoms with Crippen LogP contribution in [0.15, 0.2) is 30.5 Å². The van der Waals surface area contributed by atoms with E-state index in [0.29, 0.717) is 29.8 Å². The molecule has 1 aromatic carbocycles. The lowest BCUT2D eigenvalue weighted by molar-refractivity contribution is -0.00547. The van der Waals surface area contributed by atoms with E-state index in [9.17, 15) is 14.6 Å². The number of hydrogen-bond acceptors (Lipinski definition) is 9. The van der Waals surface area contributed by atoms with Crippen LogP contribution in [0.2, 0.25) is 5.02 Å². The fourth-order valence-corrected chi connectivity index (χ4v) is 4.80. The van der Waals surface area contributed by atoms with Gasteiger partial charge in [0.1, 0.15) is 6.10 Å². The number of fused-ring (bicyclic) bond motifs is 1. The minimum Gasteiger partial charge on any atom is -0.393 e. The number of aromatic nitrogens is 2. The molecule has 0 spiro atoms. The number of nitrogens with zero attached hydrogens (tertiary/aromatic N) is 4. The summed E-state index contributed by atoms with van der Waals surface area (Å²) in [7, 11) is 0. The Morgan fingerprint density at radius 1 is 1.32 bits per heavy atom. The number of piperazine rings is 1. The van der Waals surface area contributed by atoms with Gasteiger partial charge < -0.3 is 25.5 Å². The largest absolute Gasteiger partial charge is 0.393 e. The number of pyridine rings is 1. The van der Waals surface area contributed by atoms with Crippen LogP contribution in [0, 0.1) is 5.82 Å². The maximum Gasteiger partial charge on any atom is 0.186 e. The van der Waals surface area contributed by atoms with E-state index in [2.05, 4.69) is 15.3 Å². The standard InChI is InChI=1S/C20H23ClFN5O3S/c1-11-9-26(18-14(22)6-12(8-23-18)16(29)10-28)4-5-27(11)20(30)25-19-24-15-3-2-13(21)7-17(15)31-19/h2-3,6-8,11,16,20,28-30H,4-5,9-10H2,1H3,(H,24,25)/t11-,16+,20?/m0/s1. The molecule has 1 unspecified atom stereocenters. The van der Waals surface area contributed by atoms with Crippen LogP contribution >= 0.6 is 22.9 Å². The van der Waals surface area contributed by atoms with Gasteiger partial charge in [-0.3, -0.25) is 4.90 Å². The quantitative estimate of drug-likeness (QED) is 0.410. The Balaban J connectivity index is 1.41. The highest BCUT2D eigenvalue weighted by Crippen LogP contribution is 2.29. The van der Waals surface area contributed by atoms with Crippen LogP contribution in [0.4, 0.5) is 15.3 Å². The Bertz CT molecular complexity index is 1070. The molecule has 0 aliphatic carbocycles. The second kappa shape index (κ2) is 9.19. The third kappa shape index (κ3) is 4.74. The van der Waals surface area contributed by atoms with Crippen LogP contribution in [0.3, 0.4) is 0 Å². The van der Waals surface area contributed by atoms with Crippen molar-refractivity contribution in [3.05, 3.63) is 46.9 Å². The zero-order valence-corrected chi connectivity index (χ0v) is 18.3. The van der Waals surface area contributed by atoms with E-state index in [0.717, 1.165) is 10.2 Å². The van der Waals surface area contributed by atoms with Crippen LogP contribution < -0.4 is 10.2 Å². The normalized spacial score (nSPS) is 19.5. The number of rotatable bonds is 6. The van der Waals surface area contributed by atoms with E-state index in [4.69, 9.17) is 16.7 Å². The van der Waals surface area contributed by atoms with Gasteiger partial charge in [-0.25, -0.2) is 14.4 Å². The fourth-order valence-electron chi connectivity index (χ4n) is 3.65. The summed E-state index contributed by atoms with van der Waals surface area (Å²) in [6.07, 6.45) is -0.744. The average Bonchev–Trinajstić information content (AvgIpc) is 3.14. The highest BCUT2D eigenvalue weighted by molar-refractivity contribution is 7.22. The molecule has 1 saturated heterocycles. The summed E-state index contributed by atoms with van der Waals surface area (Å²) in [4.78, 5) is 12.3. The van der Waals surface area contributed by atoms with Gasteiger partial charge in [-0.05, 0) is 31.2 Å². The molecule has 1 aliphatic rings. The lowest BCUT2D eigenvalue weighted by Crippen LogP contribution is -2.57. The summed E-state index contributed by atoms with van der Waals surface area (Å²) in [5.74, 6) is -0.372. The van der Waals surface area contributed by atoms with Crippen LogP contribution in [-0.2, 0) is 0 Å². The van der Waals surface area contributed by atoms with E-state index in [1.165, 1.54) is 23.6 Å². The topological polar surface area (TPSA) is 105 Å². The number of halogens is 2. The van der Waals surface area contributed by atoms with Gasteiger partial charge in [0.25, 0.3) is 0 Å². The average molecular weight is 468 g/mol. The van der Waals surface area contributed by atoms with Gasteiger partial charge in [0.2, 0.25) is 0 Å². The number of benzene rings is 1. The molecule has 2 aromatic heterocycles. The van der Waals surface area contributed by atoms with Crippen molar-refractivity contribution in [3.8, 4) is 0 Å². The van der Waals surface area contributed by atoms with Gasteiger partial charge in [0.15, 0.2) is 23.1 Å². The van der Waals surface area contributed by atoms with Crippen LogP contribution in [0.1, 0.15) is 18.6 Å². The first-order valence-corrected chi connectivity index (χ1v) is 11.0.